The van der Waals surface area contributed by atoms with E-state index >= 15 is 0 Å². The first-order valence-electron chi connectivity index (χ1n) is 7.96. The molecule has 1 saturated heterocycles. The van der Waals surface area contributed by atoms with Gasteiger partial charge in [0, 0.05) is 26.1 Å². The van der Waals surface area contributed by atoms with Crippen LogP contribution in [-0.2, 0) is 11.2 Å². The summed E-state index contributed by atoms with van der Waals surface area (Å²) >= 11 is 0. The van der Waals surface area contributed by atoms with Crippen molar-refractivity contribution < 1.29 is 9.59 Å². The average Bonchev–Trinajstić information content (AvgIpc) is 2.65. The Morgan fingerprint density at radius 3 is 3.00 bits per heavy atom. The van der Waals surface area contributed by atoms with E-state index in [9.17, 15) is 9.59 Å². The van der Waals surface area contributed by atoms with Crippen molar-refractivity contribution in [1.29, 1.82) is 0 Å². The van der Waals surface area contributed by atoms with Crippen molar-refractivity contribution in [2.75, 3.05) is 19.6 Å². The predicted molar refractivity (Wildman–Crippen MR) is 84.5 cm³/mol. The summed E-state index contributed by atoms with van der Waals surface area (Å²) in [6, 6.07) is 6.47. The van der Waals surface area contributed by atoms with Gasteiger partial charge in [0.2, 0.25) is 5.91 Å². The van der Waals surface area contributed by atoms with Gasteiger partial charge in [-0.1, -0.05) is 30.7 Å². The molecule has 1 heterocycles. The molecule has 1 aromatic carbocycles. The second kappa shape index (κ2) is 5.99. The Balaban J connectivity index is 1.71. The van der Waals surface area contributed by atoms with Crippen LogP contribution in [0.4, 0.5) is 4.79 Å². The molecule has 2 N–H and O–H groups in total. The molecule has 0 bridgehead atoms. The SMILES string of the molecule is Cc1ccc2c(c1)C(NC(=O)N1CCNC(=O)CC1)C(C)C2. The highest BCUT2D eigenvalue weighted by molar-refractivity contribution is 5.79. The predicted octanol–water partition coefficient (Wildman–Crippen LogP) is 1.76. The smallest absolute Gasteiger partial charge is 0.317 e. The normalized spacial score (nSPS) is 24.5. The zero-order valence-corrected chi connectivity index (χ0v) is 13.2. The topological polar surface area (TPSA) is 61.4 Å². The summed E-state index contributed by atoms with van der Waals surface area (Å²) in [6.45, 7) is 5.84. The number of amides is 3. The number of urea groups is 1. The van der Waals surface area contributed by atoms with Gasteiger partial charge < -0.3 is 15.5 Å². The molecule has 1 aliphatic heterocycles. The molecule has 5 nitrogen and oxygen atoms in total. The fraction of sp³-hybridized carbons (Fsp3) is 0.529. The molecule has 2 aliphatic rings. The van der Waals surface area contributed by atoms with Crippen molar-refractivity contribution in [3.8, 4) is 0 Å². The minimum Gasteiger partial charge on any atom is -0.354 e. The summed E-state index contributed by atoms with van der Waals surface area (Å²) in [4.78, 5) is 25.6. The number of rotatable bonds is 1. The maximum absolute atomic E-state index is 12.5. The average molecular weight is 301 g/mol. The Morgan fingerprint density at radius 1 is 1.36 bits per heavy atom. The van der Waals surface area contributed by atoms with Crippen molar-refractivity contribution in [2.45, 2.75) is 32.7 Å². The fourth-order valence-electron chi connectivity index (χ4n) is 3.38. The number of fused-ring (bicyclic) bond motifs is 1. The Kier molecular flexibility index (Phi) is 4.05. The van der Waals surface area contributed by atoms with Gasteiger partial charge in [-0.05, 0) is 30.4 Å². The van der Waals surface area contributed by atoms with Gasteiger partial charge in [0.25, 0.3) is 0 Å². The number of benzene rings is 1. The quantitative estimate of drug-likeness (QED) is 0.830. The first-order chi connectivity index (χ1) is 10.5. The Morgan fingerprint density at radius 2 is 2.18 bits per heavy atom. The van der Waals surface area contributed by atoms with Crippen molar-refractivity contribution in [1.82, 2.24) is 15.5 Å². The van der Waals surface area contributed by atoms with Crippen LogP contribution in [0.5, 0.6) is 0 Å². The maximum Gasteiger partial charge on any atom is 0.317 e. The van der Waals surface area contributed by atoms with Gasteiger partial charge in [0.05, 0.1) is 6.04 Å². The van der Waals surface area contributed by atoms with Crippen LogP contribution in [0.15, 0.2) is 18.2 Å². The van der Waals surface area contributed by atoms with E-state index < -0.39 is 0 Å². The summed E-state index contributed by atoms with van der Waals surface area (Å²) in [6.07, 6.45) is 1.38. The highest BCUT2D eigenvalue weighted by Crippen LogP contribution is 2.36. The first kappa shape index (κ1) is 14.9. The van der Waals surface area contributed by atoms with Crippen LogP contribution in [0, 0.1) is 12.8 Å². The lowest BCUT2D eigenvalue weighted by molar-refractivity contribution is -0.120. The molecular formula is C17H23N3O2. The van der Waals surface area contributed by atoms with Crippen molar-refractivity contribution in [2.24, 2.45) is 5.92 Å². The third-order valence-corrected chi connectivity index (χ3v) is 4.63. The highest BCUT2D eigenvalue weighted by Gasteiger charge is 2.32. The fourth-order valence-corrected chi connectivity index (χ4v) is 3.38. The number of hydrogen-bond acceptors (Lipinski definition) is 2. The molecule has 0 saturated carbocycles. The standard InChI is InChI=1S/C17H23N3O2/c1-11-3-4-13-10-12(2)16(14(13)9-11)19-17(22)20-7-5-15(21)18-6-8-20/h3-4,9,12,16H,5-8,10H2,1-2H3,(H,18,21)(H,19,22). The van der Waals surface area contributed by atoms with E-state index in [2.05, 4.69) is 42.7 Å². The molecule has 3 rings (SSSR count). The zero-order chi connectivity index (χ0) is 15.7. The van der Waals surface area contributed by atoms with Gasteiger partial charge in [-0.2, -0.15) is 0 Å². The van der Waals surface area contributed by atoms with E-state index in [4.69, 9.17) is 0 Å². The van der Waals surface area contributed by atoms with Crippen LogP contribution in [0.3, 0.4) is 0 Å². The van der Waals surface area contributed by atoms with Crippen LogP contribution in [0.1, 0.15) is 36.1 Å². The van der Waals surface area contributed by atoms with E-state index in [0.717, 1.165) is 6.42 Å². The molecular weight excluding hydrogens is 278 g/mol. The van der Waals surface area contributed by atoms with Crippen LogP contribution in [0.2, 0.25) is 0 Å². The van der Waals surface area contributed by atoms with E-state index in [0.29, 0.717) is 32.0 Å². The van der Waals surface area contributed by atoms with Crippen LogP contribution < -0.4 is 10.6 Å². The first-order valence-corrected chi connectivity index (χ1v) is 7.96. The second-order valence-electron chi connectivity index (χ2n) is 6.40. The van der Waals surface area contributed by atoms with Crippen molar-refractivity contribution in [3.05, 3.63) is 34.9 Å². The molecule has 2 atom stereocenters. The number of hydrogen-bond donors (Lipinski definition) is 2. The summed E-state index contributed by atoms with van der Waals surface area (Å²) < 4.78 is 0. The van der Waals surface area contributed by atoms with Gasteiger partial charge in [-0.15, -0.1) is 0 Å². The zero-order valence-electron chi connectivity index (χ0n) is 13.2. The molecule has 3 amide bonds. The second-order valence-corrected chi connectivity index (χ2v) is 6.40. The molecule has 1 aliphatic carbocycles. The maximum atomic E-state index is 12.5. The lowest BCUT2D eigenvalue weighted by atomic mass is 10.0. The van der Waals surface area contributed by atoms with Crippen LogP contribution in [0.25, 0.3) is 0 Å². The van der Waals surface area contributed by atoms with Crippen LogP contribution >= 0.6 is 0 Å². The largest absolute Gasteiger partial charge is 0.354 e. The molecule has 5 heteroatoms. The Labute approximate surface area is 131 Å². The summed E-state index contributed by atoms with van der Waals surface area (Å²) in [7, 11) is 0. The van der Waals surface area contributed by atoms with Crippen molar-refractivity contribution >= 4 is 11.9 Å². The Bertz CT molecular complexity index is 600. The van der Waals surface area contributed by atoms with Gasteiger partial charge in [-0.25, -0.2) is 4.79 Å². The van der Waals surface area contributed by atoms with Gasteiger partial charge in [0.1, 0.15) is 0 Å². The van der Waals surface area contributed by atoms with E-state index in [1.165, 1.54) is 16.7 Å². The molecule has 1 aromatic rings. The lowest BCUT2D eigenvalue weighted by Gasteiger charge is -2.25. The monoisotopic (exact) mass is 301 g/mol. The Hall–Kier alpha value is -2.04. The summed E-state index contributed by atoms with van der Waals surface area (Å²) in [5.74, 6) is 0.415. The number of aryl methyl sites for hydroxylation is 1. The molecule has 22 heavy (non-hydrogen) atoms. The molecule has 1 fully saturated rings. The third kappa shape index (κ3) is 2.93. The van der Waals surface area contributed by atoms with Crippen LogP contribution in [-0.4, -0.2) is 36.5 Å². The van der Waals surface area contributed by atoms with Gasteiger partial charge >= 0.3 is 6.03 Å². The van der Waals surface area contributed by atoms with Crippen molar-refractivity contribution in [3.63, 3.8) is 0 Å². The molecule has 0 aromatic heterocycles. The van der Waals surface area contributed by atoms with E-state index in [-0.39, 0.29) is 18.0 Å². The molecule has 118 valence electrons. The highest BCUT2D eigenvalue weighted by atomic mass is 16.2. The summed E-state index contributed by atoms with van der Waals surface area (Å²) in [5.41, 5.74) is 3.79. The number of nitrogens with one attached hydrogen (secondary N) is 2. The minimum atomic E-state index is -0.0669. The number of nitrogens with zero attached hydrogens (tertiary/aromatic N) is 1. The third-order valence-electron chi connectivity index (χ3n) is 4.63. The molecule has 2 unspecified atom stereocenters. The lowest BCUT2D eigenvalue weighted by Crippen LogP contribution is -2.43. The van der Waals surface area contributed by atoms with E-state index in [1.807, 2.05) is 0 Å². The van der Waals surface area contributed by atoms with Gasteiger partial charge in [-0.3, -0.25) is 4.79 Å². The minimum absolute atomic E-state index is 0.0190. The molecule has 0 spiro atoms. The number of carbonyl (C=O) groups is 2. The molecule has 0 radical (unpaired) electrons. The number of carbonyl (C=O) groups excluding carboxylic acids is 2. The van der Waals surface area contributed by atoms with E-state index in [1.54, 1.807) is 4.90 Å². The summed E-state index contributed by atoms with van der Waals surface area (Å²) in [5, 5.41) is 5.97. The van der Waals surface area contributed by atoms with Gasteiger partial charge in [0.15, 0.2) is 0 Å².